The molecule has 0 aliphatic rings. The maximum Gasteiger partial charge on any atom is 0.224 e. The largest absolute Gasteiger partial charge is 0.495 e. The second-order valence-electron chi connectivity index (χ2n) is 3.95. The number of hydrogen-bond donors (Lipinski definition) is 2. The first-order valence-electron chi connectivity index (χ1n) is 5.76. The fourth-order valence-electron chi connectivity index (χ4n) is 1.57. The van der Waals surface area contributed by atoms with Crippen LogP contribution < -0.4 is 15.4 Å². The van der Waals surface area contributed by atoms with E-state index in [4.69, 9.17) is 16.3 Å². The number of aryl methyl sites for hydroxylation is 1. The Labute approximate surface area is 117 Å². The van der Waals surface area contributed by atoms with Gasteiger partial charge in [0.1, 0.15) is 11.6 Å². The third-order valence-electron chi connectivity index (χ3n) is 2.61. The van der Waals surface area contributed by atoms with Crippen LogP contribution in [0.15, 0.2) is 24.4 Å². The van der Waals surface area contributed by atoms with E-state index in [2.05, 4.69) is 20.6 Å². The molecule has 0 atom stereocenters. The van der Waals surface area contributed by atoms with Crippen LogP contribution in [0, 0.1) is 6.92 Å². The van der Waals surface area contributed by atoms with Gasteiger partial charge in [-0.05, 0) is 25.1 Å². The molecule has 0 saturated carbocycles. The number of methoxy groups -OCH3 is 1. The number of nitrogens with zero attached hydrogens (tertiary/aromatic N) is 2. The first-order chi connectivity index (χ1) is 9.13. The zero-order valence-electron chi connectivity index (χ0n) is 11.0. The van der Waals surface area contributed by atoms with E-state index in [0.29, 0.717) is 16.7 Å². The van der Waals surface area contributed by atoms with Crippen LogP contribution in [0.25, 0.3) is 0 Å². The molecule has 19 heavy (non-hydrogen) atoms. The van der Waals surface area contributed by atoms with Crippen molar-refractivity contribution in [3.63, 3.8) is 0 Å². The van der Waals surface area contributed by atoms with Crippen molar-refractivity contribution < 1.29 is 4.74 Å². The molecule has 100 valence electrons. The van der Waals surface area contributed by atoms with E-state index >= 15 is 0 Å². The molecule has 2 N–H and O–H groups in total. The molecule has 0 amide bonds. The highest BCUT2D eigenvalue weighted by molar-refractivity contribution is 6.32. The van der Waals surface area contributed by atoms with Gasteiger partial charge in [-0.1, -0.05) is 11.6 Å². The number of halogens is 1. The van der Waals surface area contributed by atoms with E-state index in [1.165, 1.54) is 0 Å². The average Bonchev–Trinajstić information content (AvgIpc) is 2.41. The molecule has 1 heterocycles. The molecule has 0 radical (unpaired) electrons. The summed E-state index contributed by atoms with van der Waals surface area (Å²) < 4.78 is 5.12. The fourth-order valence-corrected chi connectivity index (χ4v) is 1.83. The van der Waals surface area contributed by atoms with Crippen molar-refractivity contribution in [3.05, 3.63) is 35.0 Å². The van der Waals surface area contributed by atoms with Crippen molar-refractivity contribution in [1.82, 2.24) is 9.97 Å². The SMILES string of the molecule is CNc1ncc(C)c(Nc2ccc(OC)c(Cl)c2)n1. The smallest absolute Gasteiger partial charge is 0.224 e. The second kappa shape index (κ2) is 5.75. The lowest BCUT2D eigenvalue weighted by Crippen LogP contribution is -2.02. The number of benzene rings is 1. The minimum atomic E-state index is 0.549. The van der Waals surface area contributed by atoms with Crippen LogP contribution in [-0.4, -0.2) is 24.1 Å². The summed E-state index contributed by atoms with van der Waals surface area (Å²) in [6.45, 7) is 1.94. The lowest BCUT2D eigenvalue weighted by molar-refractivity contribution is 0.415. The van der Waals surface area contributed by atoms with Gasteiger partial charge in [-0.15, -0.1) is 0 Å². The minimum Gasteiger partial charge on any atom is -0.495 e. The van der Waals surface area contributed by atoms with E-state index in [1.807, 2.05) is 13.0 Å². The normalized spacial score (nSPS) is 10.1. The van der Waals surface area contributed by atoms with Crippen molar-refractivity contribution in [2.75, 3.05) is 24.8 Å². The minimum absolute atomic E-state index is 0.549. The second-order valence-corrected chi connectivity index (χ2v) is 4.36. The number of nitrogens with one attached hydrogen (secondary N) is 2. The van der Waals surface area contributed by atoms with Crippen LogP contribution >= 0.6 is 11.6 Å². The number of rotatable bonds is 4. The van der Waals surface area contributed by atoms with E-state index in [-0.39, 0.29) is 0 Å². The van der Waals surface area contributed by atoms with E-state index < -0.39 is 0 Å². The molecule has 1 aromatic carbocycles. The standard InChI is InChI=1S/C13H15ClN4O/c1-8-7-16-13(15-2)18-12(8)17-9-4-5-11(19-3)10(14)6-9/h4-7H,1-3H3,(H2,15,16,17,18). The Hall–Kier alpha value is -2.01. The predicted molar refractivity (Wildman–Crippen MR) is 77.6 cm³/mol. The summed E-state index contributed by atoms with van der Waals surface area (Å²) >= 11 is 6.08. The molecule has 2 rings (SSSR count). The summed E-state index contributed by atoms with van der Waals surface area (Å²) in [5, 5.41) is 6.66. The monoisotopic (exact) mass is 278 g/mol. The molecule has 2 aromatic rings. The van der Waals surface area contributed by atoms with Crippen molar-refractivity contribution in [1.29, 1.82) is 0 Å². The van der Waals surface area contributed by atoms with Crippen molar-refractivity contribution in [3.8, 4) is 5.75 Å². The fraction of sp³-hybridized carbons (Fsp3) is 0.231. The maximum atomic E-state index is 6.08. The predicted octanol–water partition coefficient (Wildman–Crippen LogP) is 3.23. The van der Waals surface area contributed by atoms with Gasteiger partial charge in [-0.2, -0.15) is 4.98 Å². The summed E-state index contributed by atoms with van der Waals surface area (Å²) in [4.78, 5) is 8.49. The van der Waals surface area contributed by atoms with Gasteiger partial charge in [0.05, 0.1) is 12.1 Å². The first kappa shape index (κ1) is 13.4. The lowest BCUT2D eigenvalue weighted by Gasteiger charge is -2.11. The highest BCUT2D eigenvalue weighted by atomic mass is 35.5. The van der Waals surface area contributed by atoms with Crippen molar-refractivity contribution >= 4 is 29.1 Å². The Kier molecular flexibility index (Phi) is 4.06. The Balaban J connectivity index is 2.28. The van der Waals surface area contributed by atoms with Crippen LogP contribution in [0.5, 0.6) is 5.75 Å². The molecule has 0 unspecified atom stereocenters. The molecule has 0 spiro atoms. The molecule has 0 aliphatic heterocycles. The Bertz CT molecular complexity index is 589. The topological polar surface area (TPSA) is 59.1 Å². The van der Waals surface area contributed by atoms with Gasteiger partial charge >= 0.3 is 0 Å². The molecular formula is C13H15ClN4O. The molecule has 0 aliphatic carbocycles. The Morgan fingerprint density at radius 3 is 2.74 bits per heavy atom. The highest BCUT2D eigenvalue weighted by Gasteiger charge is 2.06. The van der Waals surface area contributed by atoms with Gasteiger partial charge in [-0.25, -0.2) is 4.98 Å². The van der Waals surface area contributed by atoms with Crippen molar-refractivity contribution in [2.24, 2.45) is 0 Å². The van der Waals surface area contributed by atoms with Gasteiger partial charge < -0.3 is 15.4 Å². The number of aromatic nitrogens is 2. The average molecular weight is 279 g/mol. The molecule has 0 saturated heterocycles. The third-order valence-corrected chi connectivity index (χ3v) is 2.91. The van der Waals surface area contributed by atoms with Crippen LogP contribution in [0.3, 0.4) is 0 Å². The highest BCUT2D eigenvalue weighted by Crippen LogP contribution is 2.29. The zero-order valence-corrected chi connectivity index (χ0v) is 11.7. The van der Waals surface area contributed by atoms with Gasteiger partial charge in [0.2, 0.25) is 5.95 Å². The van der Waals surface area contributed by atoms with Gasteiger partial charge in [-0.3, -0.25) is 0 Å². The lowest BCUT2D eigenvalue weighted by atomic mass is 10.2. The summed E-state index contributed by atoms with van der Waals surface area (Å²) in [6, 6.07) is 5.48. The molecule has 0 fully saturated rings. The van der Waals surface area contributed by atoms with E-state index in [0.717, 1.165) is 17.1 Å². The van der Waals surface area contributed by atoms with Crippen LogP contribution in [-0.2, 0) is 0 Å². The zero-order chi connectivity index (χ0) is 13.8. The maximum absolute atomic E-state index is 6.08. The summed E-state index contributed by atoms with van der Waals surface area (Å²) in [6.07, 6.45) is 1.76. The Morgan fingerprint density at radius 2 is 2.11 bits per heavy atom. The summed E-state index contributed by atoms with van der Waals surface area (Å²) in [5.74, 6) is 1.94. The molecule has 0 bridgehead atoms. The number of anilines is 3. The number of hydrogen-bond acceptors (Lipinski definition) is 5. The van der Waals surface area contributed by atoms with E-state index in [9.17, 15) is 0 Å². The quantitative estimate of drug-likeness (QED) is 0.899. The summed E-state index contributed by atoms with van der Waals surface area (Å²) in [7, 11) is 3.36. The molecular weight excluding hydrogens is 264 g/mol. The van der Waals surface area contributed by atoms with Crippen LogP contribution in [0.4, 0.5) is 17.5 Å². The number of ether oxygens (including phenoxy) is 1. The van der Waals surface area contributed by atoms with Gasteiger partial charge in [0.25, 0.3) is 0 Å². The Morgan fingerprint density at radius 1 is 1.32 bits per heavy atom. The third kappa shape index (κ3) is 3.06. The first-order valence-corrected chi connectivity index (χ1v) is 6.14. The molecule has 1 aromatic heterocycles. The molecule has 5 nitrogen and oxygen atoms in total. The van der Waals surface area contributed by atoms with E-state index in [1.54, 1.807) is 32.5 Å². The van der Waals surface area contributed by atoms with Crippen LogP contribution in [0.1, 0.15) is 5.56 Å². The molecule has 6 heteroatoms. The van der Waals surface area contributed by atoms with Gasteiger partial charge in [0.15, 0.2) is 0 Å². The van der Waals surface area contributed by atoms with Crippen molar-refractivity contribution in [2.45, 2.75) is 6.92 Å². The summed E-state index contributed by atoms with van der Waals surface area (Å²) in [5.41, 5.74) is 1.79. The van der Waals surface area contributed by atoms with Gasteiger partial charge in [0, 0.05) is 24.5 Å². The van der Waals surface area contributed by atoms with Crippen LogP contribution in [0.2, 0.25) is 5.02 Å².